The quantitative estimate of drug-likeness (QED) is 0.731. The Morgan fingerprint density at radius 3 is 2.53 bits per heavy atom. The molecule has 0 atom stereocenters. The molecule has 0 saturated carbocycles. The Morgan fingerprint density at radius 2 is 2.07 bits per heavy atom. The maximum absolute atomic E-state index is 11.8. The minimum Gasteiger partial charge on any atom is -0.456 e. The first-order valence-electron chi connectivity index (χ1n) is 4.81. The first kappa shape index (κ1) is 11.6. The molecule has 0 amide bonds. The van der Waals surface area contributed by atoms with Crippen molar-refractivity contribution in [3.05, 3.63) is 11.3 Å². The van der Waals surface area contributed by atoms with Crippen molar-refractivity contribution in [3.8, 4) is 0 Å². The molecule has 0 saturated heterocycles. The van der Waals surface area contributed by atoms with Crippen molar-refractivity contribution in [2.75, 3.05) is 12.4 Å². The summed E-state index contributed by atoms with van der Waals surface area (Å²) in [6.45, 7) is 7.28. The Balaban J connectivity index is 2.95. The zero-order chi connectivity index (χ0) is 11.6. The molecule has 0 aliphatic carbocycles. The molecule has 0 bridgehead atoms. The van der Waals surface area contributed by atoms with E-state index in [9.17, 15) is 4.79 Å². The minimum absolute atomic E-state index is 0.363. The summed E-state index contributed by atoms with van der Waals surface area (Å²) in [7, 11) is 1.71. The highest BCUT2D eigenvalue weighted by atomic mass is 16.6. The van der Waals surface area contributed by atoms with E-state index in [1.165, 1.54) is 0 Å². The van der Waals surface area contributed by atoms with Crippen molar-refractivity contribution in [1.82, 2.24) is 10.2 Å². The number of esters is 1. The molecule has 5 nitrogen and oxygen atoms in total. The summed E-state index contributed by atoms with van der Waals surface area (Å²) in [4.78, 5) is 11.8. The standard InChI is InChI=1S/C10H17N3O2/c1-6-7(8(11-5)13-12-6)9(14)15-10(2,3)4/h1-5H3,(H2,11,12,13). The predicted octanol–water partition coefficient (Wildman–Crippen LogP) is 1.72. The normalized spacial score (nSPS) is 11.3. The number of carbonyl (C=O) groups excluding carboxylic acids is 1. The molecule has 0 aromatic carbocycles. The van der Waals surface area contributed by atoms with Crippen LogP contribution in [0.25, 0.3) is 0 Å². The second-order valence-electron chi connectivity index (χ2n) is 4.32. The lowest BCUT2D eigenvalue weighted by Crippen LogP contribution is -2.24. The molecule has 5 heteroatoms. The number of carbonyl (C=O) groups is 1. The van der Waals surface area contributed by atoms with Crippen molar-refractivity contribution in [2.24, 2.45) is 0 Å². The van der Waals surface area contributed by atoms with Crippen LogP contribution in [-0.4, -0.2) is 28.8 Å². The molecular weight excluding hydrogens is 194 g/mol. The summed E-state index contributed by atoms with van der Waals surface area (Å²) >= 11 is 0. The van der Waals surface area contributed by atoms with Crippen LogP contribution in [0.1, 0.15) is 36.8 Å². The smallest absolute Gasteiger partial charge is 0.344 e. The monoisotopic (exact) mass is 211 g/mol. The van der Waals surface area contributed by atoms with Crippen LogP contribution in [0.3, 0.4) is 0 Å². The third-order valence-electron chi connectivity index (χ3n) is 1.79. The summed E-state index contributed by atoms with van der Waals surface area (Å²) in [6, 6.07) is 0. The van der Waals surface area contributed by atoms with Crippen LogP contribution < -0.4 is 5.32 Å². The zero-order valence-electron chi connectivity index (χ0n) is 9.76. The maximum atomic E-state index is 11.8. The number of nitrogens with zero attached hydrogens (tertiary/aromatic N) is 1. The molecule has 0 radical (unpaired) electrons. The van der Waals surface area contributed by atoms with Gasteiger partial charge in [0.25, 0.3) is 0 Å². The summed E-state index contributed by atoms with van der Waals surface area (Å²) in [5.41, 5.74) is 0.673. The van der Waals surface area contributed by atoms with Crippen LogP contribution in [0.5, 0.6) is 0 Å². The second-order valence-corrected chi connectivity index (χ2v) is 4.32. The van der Waals surface area contributed by atoms with E-state index in [-0.39, 0.29) is 5.97 Å². The van der Waals surface area contributed by atoms with Crippen molar-refractivity contribution in [2.45, 2.75) is 33.3 Å². The molecule has 0 unspecified atom stereocenters. The van der Waals surface area contributed by atoms with Crippen molar-refractivity contribution >= 4 is 11.8 Å². The van der Waals surface area contributed by atoms with E-state index in [2.05, 4.69) is 15.5 Å². The largest absolute Gasteiger partial charge is 0.456 e. The Morgan fingerprint density at radius 1 is 1.47 bits per heavy atom. The van der Waals surface area contributed by atoms with Crippen LogP contribution in [-0.2, 0) is 4.74 Å². The van der Waals surface area contributed by atoms with E-state index in [1.54, 1.807) is 14.0 Å². The van der Waals surface area contributed by atoms with Gasteiger partial charge in [0, 0.05) is 12.7 Å². The third kappa shape index (κ3) is 2.71. The van der Waals surface area contributed by atoms with E-state index in [4.69, 9.17) is 4.74 Å². The van der Waals surface area contributed by atoms with Crippen molar-refractivity contribution < 1.29 is 9.53 Å². The summed E-state index contributed by atoms with van der Waals surface area (Å²) in [5.74, 6) is 0.153. The number of aromatic amines is 1. The average Bonchev–Trinajstić information content (AvgIpc) is 2.43. The van der Waals surface area contributed by atoms with E-state index < -0.39 is 5.60 Å². The first-order valence-corrected chi connectivity index (χ1v) is 4.81. The topological polar surface area (TPSA) is 67.0 Å². The highest BCUT2D eigenvalue weighted by Gasteiger charge is 2.23. The Kier molecular flexibility index (Phi) is 3.02. The number of anilines is 1. The first-order chi connectivity index (χ1) is 6.85. The van der Waals surface area contributed by atoms with Gasteiger partial charge in [-0.3, -0.25) is 5.10 Å². The maximum Gasteiger partial charge on any atom is 0.344 e. The van der Waals surface area contributed by atoms with Crippen molar-refractivity contribution in [1.29, 1.82) is 0 Å². The highest BCUT2D eigenvalue weighted by Crippen LogP contribution is 2.19. The van der Waals surface area contributed by atoms with Gasteiger partial charge in [-0.2, -0.15) is 5.10 Å². The van der Waals surface area contributed by atoms with Crippen LogP contribution in [0.2, 0.25) is 0 Å². The Hall–Kier alpha value is -1.52. The summed E-state index contributed by atoms with van der Waals surface area (Å²) in [5, 5.41) is 9.53. The van der Waals surface area contributed by atoms with E-state index >= 15 is 0 Å². The molecule has 0 spiro atoms. The predicted molar refractivity (Wildman–Crippen MR) is 58.0 cm³/mol. The number of hydrogen-bond donors (Lipinski definition) is 2. The molecule has 0 fully saturated rings. The van der Waals surface area contributed by atoms with Gasteiger partial charge in [-0.25, -0.2) is 4.79 Å². The molecule has 1 rings (SSSR count). The van der Waals surface area contributed by atoms with Crippen LogP contribution >= 0.6 is 0 Å². The summed E-state index contributed by atoms with van der Waals surface area (Å²) < 4.78 is 5.27. The Labute approximate surface area is 89.2 Å². The van der Waals surface area contributed by atoms with Crippen LogP contribution in [0.15, 0.2) is 0 Å². The fourth-order valence-corrected chi connectivity index (χ4v) is 1.19. The molecule has 0 aliphatic heterocycles. The molecule has 0 aliphatic rings. The highest BCUT2D eigenvalue weighted by molar-refractivity contribution is 5.96. The fraction of sp³-hybridized carbons (Fsp3) is 0.600. The van der Waals surface area contributed by atoms with Gasteiger partial charge in [0.15, 0.2) is 5.82 Å². The van der Waals surface area contributed by atoms with Gasteiger partial charge in [0.1, 0.15) is 11.2 Å². The molecular formula is C10H17N3O2. The van der Waals surface area contributed by atoms with Crippen molar-refractivity contribution in [3.63, 3.8) is 0 Å². The van der Waals surface area contributed by atoms with E-state index in [0.717, 1.165) is 0 Å². The number of ether oxygens (including phenoxy) is 1. The van der Waals surface area contributed by atoms with Gasteiger partial charge < -0.3 is 10.1 Å². The third-order valence-corrected chi connectivity index (χ3v) is 1.79. The molecule has 2 N–H and O–H groups in total. The molecule has 84 valence electrons. The van der Waals surface area contributed by atoms with Crippen LogP contribution in [0.4, 0.5) is 5.82 Å². The van der Waals surface area contributed by atoms with Gasteiger partial charge in [0.05, 0.1) is 0 Å². The number of aromatic nitrogens is 2. The SMILES string of the molecule is CNc1n[nH]c(C)c1C(=O)OC(C)(C)C. The lowest BCUT2D eigenvalue weighted by Gasteiger charge is -2.19. The number of aryl methyl sites for hydroxylation is 1. The molecule has 1 heterocycles. The van der Waals surface area contributed by atoms with Crippen LogP contribution in [0, 0.1) is 6.92 Å². The number of rotatable bonds is 2. The van der Waals surface area contributed by atoms with Gasteiger partial charge in [-0.15, -0.1) is 0 Å². The fourth-order valence-electron chi connectivity index (χ4n) is 1.19. The molecule has 1 aromatic heterocycles. The Bertz CT molecular complexity index is 363. The van der Waals surface area contributed by atoms with Gasteiger partial charge >= 0.3 is 5.97 Å². The number of nitrogens with one attached hydrogen (secondary N) is 2. The molecule has 1 aromatic rings. The minimum atomic E-state index is -0.494. The van der Waals surface area contributed by atoms with Gasteiger partial charge in [-0.05, 0) is 27.7 Å². The lowest BCUT2D eigenvalue weighted by atomic mass is 10.2. The van der Waals surface area contributed by atoms with Gasteiger partial charge in [0.2, 0.25) is 0 Å². The van der Waals surface area contributed by atoms with E-state index in [0.29, 0.717) is 17.1 Å². The average molecular weight is 211 g/mol. The lowest BCUT2D eigenvalue weighted by molar-refractivity contribution is 0.00700. The number of hydrogen-bond acceptors (Lipinski definition) is 4. The van der Waals surface area contributed by atoms with Gasteiger partial charge in [-0.1, -0.05) is 0 Å². The van der Waals surface area contributed by atoms with E-state index in [1.807, 2.05) is 20.8 Å². The molecule has 15 heavy (non-hydrogen) atoms. The number of H-pyrrole nitrogens is 1. The second kappa shape index (κ2) is 3.92. The summed E-state index contributed by atoms with van der Waals surface area (Å²) in [6.07, 6.45) is 0. The zero-order valence-corrected chi connectivity index (χ0v) is 9.76.